The Bertz CT molecular complexity index is 726. The summed E-state index contributed by atoms with van der Waals surface area (Å²) in [5, 5.41) is 0.259. The summed E-state index contributed by atoms with van der Waals surface area (Å²) in [6.45, 7) is 0. The fourth-order valence-electron chi connectivity index (χ4n) is 1.98. The summed E-state index contributed by atoms with van der Waals surface area (Å²) < 4.78 is 0. The molecule has 0 aromatic heterocycles. The van der Waals surface area contributed by atoms with Gasteiger partial charge in [0.25, 0.3) is 11.1 Å². The van der Waals surface area contributed by atoms with Crippen LogP contribution in [0.15, 0.2) is 59.5 Å². The van der Waals surface area contributed by atoms with Crippen molar-refractivity contribution >= 4 is 46.3 Å². The Morgan fingerprint density at radius 2 is 1.62 bits per heavy atom. The summed E-state index contributed by atoms with van der Waals surface area (Å²) in [5.74, 6) is -0.309. The molecule has 0 N–H and O–H groups in total. The van der Waals surface area contributed by atoms with Crippen molar-refractivity contribution in [2.45, 2.75) is 0 Å². The van der Waals surface area contributed by atoms with Crippen LogP contribution in [-0.2, 0) is 4.79 Å². The lowest BCUT2D eigenvalue weighted by Gasteiger charge is -2.12. The molecule has 0 aliphatic carbocycles. The van der Waals surface area contributed by atoms with Crippen LogP contribution in [0, 0.1) is 0 Å². The molecule has 0 saturated carbocycles. The highest BCUT2D eigenvalue weighted by atomic mass is 35.5. The van der Waals surface area contributed by atoms with Crippen molar-refractivity contribution in [3.05, 3.63) is 70.1 Å². The lowest BCUT2D eigenvalue weighted by atomic mass is 10.2. The normalized spacial score (nSPS) is 16.8. The Morgan fingerprint density at radius 1 is 0.952 bits per heavy atom. The summed E-state index contributed by atoms with van der Waals surface area (Å²) in [5.41, 5.74) is 1.41. The highest BCUT2D eigenvalue weighted by Gasteiger charge is 2.36. The second-order valence-corrected chi connectivity index (χ2v) is 5.83. The predicted octanol–water partition coefficient (Wildman–Crippen LogP) is 4.58. The number of carbonyl (C=O) groups is 2. The van der Waals surface area contributed by atoms with Crippen molar-refractivity contribution in [3.8, 4) is 0 Å². The molecule has 1 heterocycles. The highest BCUT2D eigenvalue weighted by Crippen LogP contribution is 2.35. The van der Waals surface area contributed by atoms with Crippen molar-refractivity contribution in [2.24, 2.45) is 0 Å². The van der Waals surface area contributed by atoms with Gasteiger partial charge in [0.15, 0.2) is 0 Å². The summed E-state index contributed by atoms with van der Waals surface area (Å²) in [4.78, 5) is 26.0. The lowest BCUT2D eigenvalue weighted by molar-refractivity contribution is -0.113. The highest BCUT2D eigenvalue weighted by molar-refractivity contribution is 8.19. The van der Waals surface area contributed by atoms with Crippen molar-refractivity contribution in [1.82, 2.24) is 0 Å². The minimum atomic E-state index is -0.309. The van der Waals surface area contributed by atoms with Gasteiger partial charge < -0.3 is 0 Å². The summed E-state index contributed by atoms with van der Waals surface area (Å²) in [6.07, 6.45) is 1.72. The Balaban J connectivity index is 1.92. The van der Waals surface area contributed by atoms with Crippen LogP contribution >= 0.6 is 23.4 Å². The van der Waals surface area contributed by atoms with E-state index in [0.717, 1.165) is 22.2 Å². The first-order chi connectivity index (χ1) is 10.1. The maximum absolute atomic E-state index is 12.4. The van der Waals surface area contributed by atoms with E-state index in [4.69, 9.17) is 11.6 Å². The van der Waals surface area contributed by atoms with Gasteiger partial charge in [-0.3, -0.25) is 9.59 Å². The van der Waals surface area contributed by atoms with E-state index < -0.39 is 0 Å². The van der Waals surface area contributed by atoms with E-state index in [0.29, 0.717) is 15.6 Å². The maximum atomic E-state index is 12.4. The van der Waals surface area contributed by atoms with Crippen LogP contribution in [0.25, 0.3) is 6.08 Å². The number of amides is 2. The zero-order valence-corrected chi connectivity index (χ0v) is 12.4. The average Bonchev–Trinajstić information content (AvgIpc) is 2.76. The number of hydrogen-bond donors (Lipinski definition) is 0. The largest absolute Gasteiger partial charge is 0.298 e. The molecule has 0 bridgehead atoms. The molecule has 0 spiro atoms. The van der Waals surface area contributed by atoms with Gasteiger partial charge in [0.1, 0.15) is 0 Å². The van der Waals surface area contributed by atoms with Crippen LogP contribution in [0.3, 0.4) is 0 Å². The number of halogens is 1. The van der Waals surface area contributed by atoms with Gasteiger partial charge in [-0.25, -0.2) is 4.90 Å². The molecular formula is C16H10ClNO2S. The lowest BCUT2D eigenvalue weighted by Crippen LogP contribution is -2.27. The van der Waals surface area contributed by atoms with E-state index >= 15 is 0 Å². The predicted molar refractivity (Wildman–Crippen MR) is 86.3 cm³/mol. The molecule has 2 aromatic rings. The molecule has 2 aromatic carbocycles. The first kappa shape index (κ1) is 13.9. The molecule has 3 nitrogen and oxygen atoms in total. The van der Waals surface area contributed by atoms with Gasteiger partial charge in [0.2, 0.25) is 0 Å². The molecule has 3 rings (SSSR count). The minimum absolute atomic E-state index is 0.301. The third kappa shape index (κ3) is 2.86. The number of nitrogens with zero attached hydrogens (tertiary/aromatic N) is 1. The quantitative estimate of drug-likeness (QED) is 0.761. The number of anilines is 1. The fourth-order valence-corrected chi connectivity index (χ4v) is 2.95. The van der Waals surface area contributed by atoms with Gasteiger partial charge in [-0.05, 0) is 47.7 Å². The third-order valence-corrected chi connectivity index (χ3v) is 4.10. The molecule has 0 unspecified atom stereocenters. The number of hydrogen-bond acceptors (Lipinski definition) is 3. The standard InChI is InChI=1S/C16H10ClNO2S/c17-12-6-8-13(9-7-12)18-15(19)14(21-16(18)20)10-11-4-2-1-3-5-11/h1-10H/b14-10-. The Labute approximate surface area is 131 Å². The van der Waals surface area contributed by atoms with Crippen LogP contribution in [0.2, 0.25) is 5.02 Å². The smallest absolute Gasteiger partial charge is 0.268 e. The fraction of sp³-hybridized carbons (Fsp3) is 0. The average molecular weight is 316 g/mol. The van der Waals surface area contributed by atoms with Gasteiger partial charge in [-0.15, -0.1) is 0 Å². The summed E-state index contributed by atoms with van der Waals surface area (Å²) in [7, 11) is 0. The topological polar surface area (TPSA) is 37.4 Å². The van der Waals surface area contributed by atoms with Crippen molar-refractivity contribution in [2.75, 3.05) is 4.90 Å². The van der Waals surface area contributed by atoms with Crippen LogP contribution in [0.1, 0.15) is 5.56 Å². The maximum Gasteiger partial charge on any atom is 0.298 e. The Hall–Kier alpha value is -2.04. The van der Waals surface area contributed by atoms with Gasteiger partial charge in [-0.1, -0.05) is 41.9 Å². The van der Waals surface area contributed by atoms with Gasteiger partial charge >= 0.3 is 0 Å². The third-order valence-electron chi connectivity index (χ3n) is 2.98. The molecule has 1 saturated heterocycles. The number of thioether (sulfide) groups is 1. The monoisotopic (exact) mass is 315 g/mol. The molecule has 1 aliphatic rings. The van der Waals surface area contributed by atoms with E-state index in [2.05, 4.69) is 0 Å². The van der Waals surface area contributed by atoms with E-state index in [1.165, 1.54) is 0 Å². The molecule has 1 aliphatic heterocycles. The van der Waals surface area contributed by atoms with E-state index in [-0.39, 0.29) is 11.1 Å². The van der Waals surface area contributed by atoms with Gasteiger partial charge in [0, 0.05) is 5.02 Å². The Kier molecular flexibility index (Phi) is 3.82. The van der Waals surface area contributed by atoms with Crippen molar-refractivity contribution in [3.63, 3.8) is 0 Å². The molecule has 5 heteroatoms. The van der Waals surface area contributed by atoms with E-state index in [1.807, 2.05) is 30.3 Å². The molecule has 1 fully saturated rings. The first-order valence-electron chi connectivity index (χ1n) is 6.24. The summed E-state index contributed by atoms with van der Waals surface area (Å²) in [6, 6.07) is 16.1. The number of benzene rings is 2. The van der Waals surface area contributed by atoms with Crippen LogP contribution in [0.5, 0.6) is 0 Å². The van der Waals surface area contributed by atoms with Gasteiger partial charge in [0.05, 0.1) is 10.6 Å². The zero-order chi connectivity index (χ0) is 14.8. The van der Waals surface area contributed by atoms with Crippen molar-refractivity contribution < 1.29 is 9.59 Å². The number of carbonyl (C=O) groups excluding carboxylic acids is 2. The second kappa shape index (κ2) is 5.76. The Morgan fingerprint density at radius 3 is 2.29 bits per heavy atom. The van der Waals surface area contributed by atoms with E-state index in [9.17, 15) is 9.59 Å². The number of rotatable bonds is 2. The van der Waals surface area contributed by atoms with Crippen molar-refractivity contribution in [1.29, 1.82) is 0 Å². The molecule has 21 heavy (non-hydrogen) atoms. The van der Waals surface area contributed by atoms with E-state index in [1.54, 1.807) is 30.3 Å². The van der Waals surface area contributed by atoms with Gasteiger partial charge in [-0.2, -0.15) is 0 Å². The SMILES string of the molecule is O=C1S/C(=C\c2ccccc2)C(=O)N1c1ccc(Cl)cc1. The zero-order valence-electron chi connectivity index (χ0n) is 10.8. The van der Waals surface area contributed by atoms with Crippen LogP contribution in [-0.4, -0.2) is 11.1 Å². The summed E-state index contributed by atoms with van der Waals surface area (Å²) >= 11 is 6.76. The first-order valence-corrected chi connectivity index (χ1v) is 7.43. The molecule has 2 amide bonds. The molecule has 0 radical (unpaired) electrons. The second-order valence-electron chi connectivity index (χ2n) is 4.40. The molecule has 0 atom stereocenters. The minimum Gasteiger partial charge on any atom is -0.268 e. The van der Waals surface area contributed by atoms with Crippen LogP contribution in [0.4, 0.5) is 10.5 Å². The number of imide groups is 1. The molecular weight excluding hydrogens is 306 g/mol. The molecule has 104 valence electrons. The van der Waals surface area contributed by atoms with Crippen LogP contribution < -0.4 is 4.90 Å².